The molecule has 0 unspecified atom stereocenters. The van der Waals surface area contributed by atoms with Crippen LogP contribution in [0.5, 0.6) is 5.88 Å². The highest BCUT2D eigenvalue weighted by molar-refractivity contribution is 5.51. The zero-order valence-corrected chi connectivity index (χ0v) is 11.1. The normalized spacial score (nSPS) is 10.6. The van der Waals surface area contributed by atoms with Gasteiger partial charge in [0.15, 0.2) is 0 Å². The lowest BCUT2D eigenvalue weighted by Crippen LogP contribution is -2.00. The molecule has 0 fully saturated rings. The first-order chi connectivity index (χ1) is 8.72. The minimum absolute atomic E-state index is 0.610. The van der Waals surface area contributed by atoms with Gasteiger partial charge in [0.25, 0.3) is 5.88 Å². The topological polar surface area (TPSA) is 56.9 Å². The molecule has 0 radical (unpaired) electrons. The van der Waals surface area contributed by atoms with Crippen molar-refractivity contribution in [2.75, 3.05) is 12.4 Å². The molecule has 0 spiro atoms. The fraction of sp³-hybridized carbons (Fsp3) is 0.500. The van der Waals surface area contributed by atoms with Crippen LogP contribution in [0.3, 0.4) is 0 Å². The van der Waals surface area contributed by atoms with Crippen molar-refractivity contribution < 1.29 is 4.74 Å². The predicted octanol–water partition coefficient (Wildman–Crippen LogP) is 1.65. The molecule has 0 aliphatic carbocycles. The number of nitrogens with zero attached hydrogens (tertiary/aromatic N) is 4. The number of hydrogen-bond donors (Lipinski definition) is 1. The lowest BCUT2D eigenvalue weighted by molar-refractivity contribution is 0.393. The molecule has 0 amide bonds. The van der Waals surface area contributed by atoms with E-state index in [2.05, 4.69) is 28.6 Å². The van der Waals surface area contributed by atoms with Crippen molar-refractivity contribution in [1.29, 1.82) is 0 Å². The Kier molecular flexibility index (Phi) is 3.86. The van der Waals surface area contributed by atoms with E-state index < -0.39 is 0 Å². The zero-order valence-electron chi connectivity index (χ0n) is 11.1. The molecule has 0 bridgehead atoms. The number of nitrogens with one attached hydrogen (secondary N) is 1. The van der Waals surface area contributed by atoms with Gasteiger partial charge in [-0.2, -0.15) is 5.10 Å². The molecule has 0 saturated heterocycles. The Bertz CT molecular complexity index is 502. The van der Waals surface area contributed by atoms with E-state index >= 15 is 0 Å². The summed E-state index contributed by atoms with van der Waals surface area (Å²) in [5, 5.41) is 11.8. The number of rotatable bonds is 6. The van der Waals surface area contributed by atoms with E-state index in [0.717, 1.165) is 24.2 Å². The standard InChI is InChI=1S/C12H19N5O/c1-4-5-17-8-10(7-14-17)6-13-11-9-16(2)15-12(11)18-3/h7-9,13H,4-6H2,1-3H3. The Morgan fingerprint density at radius 1 is 1.39 bits per heavy atom. The van der Waals surface area contributed by atoms with Crippen LogP contribution in [-0.2, 0) is 20.1 Å². The van der Waals surface area contributed by atoms with E-state index in [0.29, 0.717) is 12.4 Å². The third kappa shape index (κ3) is 2.82. The van der Waals surface area contributed by atoms with Crippen molar-refractivity contribution in [3.05, 3.63) is 24.2 Å². The molecule has 2 aromatic heterocycles. The maximum Gasteiger partial charge on any atom is 0.256 e. The molecule has 2 aromatic rings. The van der Waals surface area contributed by atoms with Crippen LogP contribution < -0.4 is 10.1 Å². The van der Waals surface area contributed by atoms with Crippen LogP contribution in [0.25, 0.3) is 0 Å². The van der Waals surface area contributed by atoms with Gasteiger partial charge in [0.05, 0.1) is 19.5 Å². The quantitative estimate of drug-likeness (QED) is 0.845. The van der Waals surface area contributed by atoms with Gasteiger partial charge in [-0.25, -0.2) is 0 Å². The molecular formula is C12H19N5O. The molecule has 0 saturated carbocycles. The number of methoxy groups -OCH3 is 1. The molecule has 0 atom stereocenters. The third-order valence-electron chi connectivity index (χ3n) is 2.61. The largest absolute Gasteiger partial charge is 0.478 e. The molecule has 6 nitrogen and oxygen atoms in total. The SMILES string of the molecule is CCCn1cc(CNc2cn(C)nc2OC)cn1. The average molecular weight is 249 g/mol. The third-order valence-corrected chi connectivity index (χ3v) is 2.61. The van der Waals surface area contributed by atoms with Crippen LogP contribution in [0.2, 0.25) is 0 Å². The second-order valence-electron chi connectivity index (χ2n) is 4.19. The van der Waals surface area contributed by atoms with Gasteiger partial charge in [-0.1, -0.05) is 6.92 Å². The highest BCUT2D eigenvalue weighted by atomic mass is 16.5. The fourth-order valence-corrected chi connectivity index (χ4v) is 1.79. The molecule has 0 aliphatic heterocycles. The van der Waals surface area contributed by atoms with E-state index in [-0.39, 0.29) is 0 Å². The maximum absolute atomic E-state index is 5.18. The van der Waals surface area contributed by atoms with Crippen LogP contribution in [0.1, 0.15) is 18.9 Å². The van der Waals surface area contributed by atoms with Crippen LogP contribution in [0.4, 0.5) is 5.69 Å². The van der Waals surface area contributed by atoms with Crippen molar-refractivity contribution in [3.63, 3.8) is 0 Å². The van der Waals surface area contributed by atoms with Crippen molar-refractivity contribution in [2.45, 2.75) is 26.4 Å². The highest BCUT2D eigenvalue weighted by Gasteiger charge is 2.07. The Labute approximate surface area is 107 Å². The summed E-state index contributed by atoms with van der Waals surface area (Å²) in [4.78, 5) is 0. The van der Waals surface area contributed by atoms with Crippen LogP contribution in [-0.4, -0.2) is 26.7 Å². The molecule has 98 valence electrons. The van der Waals surface area contributed by atoms with Gasteiger partial charge in [-0.15, -0.1) is 5.10 Å². The number of aryl methyl sites for hydroxylation is 2. The molecule has 0 aliphatic rings. The first kappa shape index (κ1) is 12.5. The minimum atomic E-state index is 0.610. The van der Waals surface area contributed by atoms with E-state index in [9.17, 15) is 0 Å². The summed E-state index contributed by atoms with van der Waals surface area (Å²) in [6.45, 7) is 3.81. The summed E-state index contributed by atoms with van der Waals surface area (Å²) in [6, 6.07) is 0. The lowest BCUT2D eigenvalue weighted by atomic mass is 10.3. The van der Waals surface area contributed by atoms with Crippen LogP contribution in [0.15, 0.2) is 18.6 Å². The van der Waals surface area contributed by atoms with Gasteiger partial charge < -0.3 is 10.1 Å². The van der Waals surface area contributed by atoms with Crippen molar-refractivity contribution in [3.8, 4) is 5.88 Å². The summed E-state index contributed by atoms with van der Waals surface area (Å²) in [5.41, 5.74) is 2.04. The molecule has 18 heavy (non-hydrogen) atoms. The summed E-state index contributed by atoms with van der Waals surface area (Å²) in [5.74, 6) is 0.610. The molecule has 0 aromatic carbocycles. The maximum atomic E-state index is 5.18. The van der Waals surface area contributed by atoms with Gasteiger partial charge >= 0.3 is 0 Å². The van der Waals surface area contributed by atoms with Crippen molar-refractivity contribution in [1.82, 2.24) is 19.6 Å². The summed E-state index contributed by atoms with van der Waals surface area (Å²) >= 11 is 0. The Balaban J connectivity index is 1.97. The van der Waals surface area contributed by atoms with E-state index in [4.69, 9.17) is 4.74 Å². The number of aromatic nitrogens is 4. The summed E-state index contributed by atoms with van der Waals surface area (Å²) < 4.78 is 8.86. The molecular weight excluding hydrogens is 230 g/mol. The second-order valence-corrected chi connectivity index (χ2v) is 4.19. The first-order valence-electron chi connectivity index (χ1n) is 6.05. The van der Waals surface area contributed by atoms with E-state index in [1.165, 1.54) is 0 Å². The Morgan fingerprint density at radius 2 is 2.22 bits per heavy atom. The summed E-state index contributed by atoms with van der Waals surface area (Å²) in [7, 11) is 3.49. The first-order valence-corrected chi connectivity index (χ1v) is 6.05. The second kappa shape index (κ2) is 5.57. The predicted molar refractivity (Wildman–Crippen MR) is 69.6 cm³/mol. The van der Waals surface area contributed by atoms with E-state index in [1.807, 2.05) is 24.1 Å². The molecule has 1 N–H and O–H groups in total. The molecule has 6 heteroatoms. The minimum Gasteiger partial charge on any atom is -0.478 e. The Morgan fingerprint density at radius 3 is 2.94 bits per heavy atom. The van der Waals surface area contributed by atoms with Gasteiger partial charge in [0.2, 0.25) is 0 Å². The molecule has 2 heterocycles. The van der Waals surface area contributed by atoms with Gasteiger partial charge in [-0.3, -0.25) is 9.36 Å². The van der Waals surface area contributed by atoms with Gasteiger partial charge in [0, 0.05) is 31.9 Å². The average Bonchev–Trinajstić information content (AvgIpc) is 2.93. The molecule has 2 rings (SSSR count). The van der Waals surface area contributed by atoms with Crippen LogP contribution >= 0.6 is 0 Å². The smallest absolute Gasteiger partial charge is 0.256 e. The van der Waals surface area contributed by atoms with E-state index in [1.54, 1.807) is 11.8 Å². The highest BCUT2D eigenvalue weighted by Crippen LogP contribution is 2.21. The van der Waals surface area contributed by atoms with Gasteiger partial charge in [0.1, 0.15) is 5.69 Å². The monoisotopic (exact) mass is 249 g/mol. The lowest BCUT2D eigenvalue weighted by Gasteiger charge is -2.03. The van der Waals surface area contributed by atoms with Crippen molar-refractivity contribution >= 4 is 5.69 Å². The van der Waals surface area contributed by atoms with Crippen LogP contribution in [0, 0.1) is 0 Å². The number of hydrogen-bond acceptors (Lipinski definition) is 4. The van der Waals surface area contributed by atoms with Gasteiger partial charge in [-0.05, 0) is 6.42 Å². The summed E-state index contributed by atoms with van der Waals surface area (Å²) in [6.07, 6.45) is 6.92. The Hall–Kier alpha value is -1.98. The fourth-order valence-electron chi connectivity index (χ4n) is 1.79. The number of ether oxygens (including phenoxy) is 1. The van der Waals surface area contributed by atoms with Crippen molar-refractivity contribution in [2.24, 2.45) is 7.05 Å². The zero-order chi connectivity index (χ0) is 13.0. The number of anilines is 1.